The molecule has 114 valence electrons. The van der Waals surface area contributed by atoms with Crippen molar-refractivity contribution in [1.29, 1.82) is 5.41 Å². The number of guanidine groups is 1. The molecule has 2 aromatic rings. The molecule has 1 heterocycles. The highest BCUT2D eigenvalue weighted by atomic mass is 16.5. The van der Waals surface area contributed by atoms with Crippen LogP contribution < -0.4 is 15.8 Å². The molecule has 0 bridgehead atoms. The van der Waals surface area contributed by atoms with Gasteiger partial charge in [-0.1, -0.05) is 12.1 Å². The van der Waals surface area contributed by atoms with Crippen LogP contribution in [0.15, 0.2) is 42.6 Å². The molecule has 1 amide bonds. The third-order valence-electron chi connectivity index (χ3n) is 3.12. The Morgan fingerprint density at radius 3 is 2.73 bits per heavy atom. The normalized spacial score (nSPS) is 11.1. The summed E-state index contributed by atoms with van der Waals surface area (Å²) in [7, 11) is 3.43. The van der Waals surface area contributed by atoms with Crippen LogP contribution in [-0.2, 0) is 11.8 Å². The molecule has 1 aromatic heterocycles. The molecule has 0 aliphatic carbocycles. The summed E-state index contributed by atoms with van der Waals surface area (Å²) >= 11 is 0. The third kappa shape index (κ3) is 3.54. The van der Waals surface area contributed by atoms with Crippen molar-refractivity contribution >= 4 is 23.5 Å². The molecule has 1 aromatic carbocycles. The lowest BCUT2D eigenvalue weighted by Gasteiger charge is -2.10. The summed E-state index contributed by atoms with van der Waals surface area (Å²) in [5.74, 6) is -0.125. The Hall–Kier alpha value is -3.02. The van der Waals surface area contributed by atoms with Crippen LogP contribution in [0.25, 0.3) is 11.6 Å². The highest BCUT2D eigenvalue weighted by Crippen LogP contribution is 2.21. The molecule has 0 saturated heterocycles. The fourth-order valence-corrected chi connectivity index (χ4v) is 2.08. The summed E-state index contributed by atoms with van der Waals surface area (Å²) in [4.78, 5) is 12.3. The maximum Gasteiger partial charge on any atom is 0.260 e. The van der Waals surface area contributed by atoms with Crippen LogP contribution in [-0.4, -0.2) is 23.5 Å². The lowest BCUT2D eigenvalue weighted by atomic mass is 10.1. The van der Waals surface area contributed by atoms with Crippen LogP contribution in [0.3, 0.4) is 0 Å². The topological polar surface area (TPSA) is 93.1 Å². The van der Waals surface area contributed by atoms with Gasteiger partial charge in [0.1, 0.15) is 5.75 Å². The molecule has 0 unspecified atom stereocenters. The molecule has 4 N–H and O–H groups in total. The summed E-state index contributed by atoms with van der Waals surface area (Å²) < 4.78 is 7.01. The van der Waals surface area contributed by atoms with Gasteiger partial charge in [0.05, 0.1) is 18.4 Å². The van der Waals surface area contributed by atoms with Gasteiger partial charge in [-0.25, -0.2) is 0 Å². The van der Waals surface area contributed by atoms with E-state index in [2.05, 4.69) is 5.32 Å². The lowest BCUT2D eigenvalue weighted by molar-refractivity contribution is -0.114. The first-order valence-electron chi connectivity index (χ1n) is 6.64. The van der Waals surface area contributed by atoms with Crippen LogP contribution in [0.2, 0.25) is 0 Å². The van der Waals surface area contributed by atoms with Crippen LogP contribution in [0.1, 0.15) is 11.3 Å². The monoisotopic (exact) mass is 298 g/mol. The second kappa shape index (κ2) is 6.62. The Bertz CT molecular complexity index is 731. The summed E-state index contributed by atoms with van der Waals surface area (Å²) in [5, 5.41) is 9.55. The molecule has 22 heavy (non-hydrogen) atoms. The first-order chi connectivity index (χ1) is 10.5. The Balaban J connectivity index is 2.47. The molecule has 0 saturated carbocycles. The minimum atomic E-state index is -0.433. The van der Waals surface area contributed by atoms with E-state index in [9.17, 15) is 4.79 Å². The van der Waals surface area contributed by atoms with Gasteiger partial charge >= 0.3 is 0 Å². The Morgan fingerprint density at radius 2 is 2.14 bits per heavy atom. The highest BCUT2D eigenvalue weighted by molar-refractivity contribution is 6.27. The molecule has 6 heteroatoms. The zero-order valence-electron chi connectivity index (χ0n) is 12.5. The summed E-state index contributed by atoms with van der Waals surface area (Å²) in [6, 6.07) is 11.0. The minimum Gasteiger partial charge on any atom is -0.497 e. The van der Waals surface area contributed by atoms with Crippen LogP contribution in [0.4, 0.5) is 0 Å². The van der Waals surface area contributed by atoms with Gasteiger partial charge in [-0.15, -0.1) is 0 Å². The minimum absolute atomic E-state index is 0.393. The van der Waals surface area contributed by atoms with E-state index < -0.39 is 11.9 Å². The fraction of sp³-hybridized carbons (Fsp3) is 0.125. The van der Waals surface area contributed by atoms with Crippen LogP contribution in [0, 0.1) is 5.41 Å². The van der Waals surface area contributed by atoms with E-state index >= 15 is 0 Å². The fourth-order valence-electron chi connectivity index (χ4n) is 2.08. The highest BCUT2D eigenvalue weighted by Gasteiger charge is 2.15. The van der Waals surface area contributed by atoms with Crippen LogP contribution >= 0.6 is 0 Å². The van der Waals surface area contributed by atoms with Crippen molar-refractivity contribution in [1.82, 2.24) is 9.88 Å². The average molecular weight is 298 g/mol. The molecule has 0 aliphatic heterocycles. The van der Waals surface area contributed by atoms with Crippen molar-refractivity contribution in [2.75, 3.05) is 7.11 Å². The maximum absolute atomic E-state index is 12.3. The molecule has 6 nitrogen and oxygen atoms in total. The van der Waals surface area contributed by atoms with Crippen molar-refractivity contribution in [2.24, 2.45) is 12.8 Å². The number of hydrogen-bond donors (Lipinski definition) is 3. The zero-order chi connectivity index (χ0) is 16.1. The molecule has 0 spiro atoms. The van der Waals surface area contributed by atoms with Crippen molar-refractivity contribution in [2.45, 2.75) is 0 Å². The number of carbonyl (C=O) groups excluding carboxylic acids is 1. The first kappa shape index (κ1) is 15.4. The zero-order valence-corrected chi connectivity index (χ0v) is 12.5. The van der Waals surface area contributed by atoms with Gasteiger partial charge in [-0.05, 0) is 35.9 Å². The number of methoxy groups -OCH3 is 1. The van der Waals surface area contributed by atoms with Gasteiger partial charge in [0, 0.05) is 13.2 Å². The number of amides is 1. The SMILES string of the molecule is COc1cccc(/C=C(/C(=O)NC(=N)N)c2cccn2C)c1. The van der Waals surface area contributed by atoms with Gasteiger partial charge in [0.25, 0.3) is 5.91 Å². The van der Waals surface area contributed by atoms with E-state index in [1.807, 2.05) is 54.2 Å². The number of hydrogen-bond acceptors (Lipinski definition) is 3. The third-order valence-corrected chi connectivity index (χ3v) is 3.12. The number of nitrogens with zero attached hydrogens (tertiary/aromatic N) is 1. The number of nitrogens with two attached hydrogens (primary N) is 1. The maximum atomic E-state index is 12.3. The Kier molecular flexibility index (Phi) is 4.63. The Labute approximate surface area is 128 Å². The van der Waals surface area contributed by atoms with Gasteiger partial charge in [-0.3, -0.25) is 15.5 Å². The lowest BCUT2D eigenvalue weighted by Crippen LogP contribution is -2.36. The van der Waals surface area contributed by atoms with E-state index in [1.165, 1.54) is 0 Å². The number of carbonyl (C=O) groups is 1. The molecule has 0 fully saturated rings. The number of nitrogens with one attached hydrogen (secondary N) is 2. The number of aromatic nitrogens is 1. The second-order valence-electron chi connectivity index (χ2n) is 4.71. The van der Waals surface area contributed by atoms with E-state index in [0.717, 1.165) is 11.3 Å². The summed E-state index contributed by atoms with van der Waals surface area (Å²) in [5.41, 5.74) is 7.21. The first-order valence-corrected chi connectivity index (χ1v) is 6.64. The standard InChI is InChI=1S/C16H18N4O2/c1-20-8-4-7-14(20)13(15(21)19-16(17)18)10-11-5-3-6-12(9-11)22-2/h3-10H,1-2H3,(H4,17,18,19,21)/b13-10+. The summed E-state index contributed by atoms with van der Waals surface area (Å²) in [6.07, 6.45) is 3.58. The smallest absolute Gasteiger partial charge is 0.260 e. The Morgan fingerprint density at radius 1 is 1.36 bits per heavy atom. The molecule has 0 aliphatic rings. The van der Waals surface area contributed by atoms with E-state index in [1.54, 1.807) is 13.2 Å². The number of benzene rings is 1. The molecule has 0 atom stereocenters. The molecular weight excluding hydrogens is 280 g/mol. The number of ether oxygens (including phenoxy) is 1. The predicted molar refractivity (Wildman–Crippen MR) is 86.3 cm³/mol. The molecular formula is C16H18N4O2. The molecule has 0 radical (unpaired) electrons. The van der Waals surface area contributed by atoms with Gasteiger partial charge in [-0.2, -0.15) is 0 Å². The molecule has 2 rings (SSSR count). The van der Waals surface area contributed by atoms with Gasteiger partial charge in [0.2, 0.25) is 0 Å². The van der Waals surface area contributed by atoms with Crippen molar-refractivity contribution in [3.8, 4) is 5.75 Å². The van der Waals surface area contributed by atoms with E-state index in [4.69, 9.17) is 15.9 Å². The van der Waals surface area contributed by atoms with E-state index in [-0.39, 0.29) is 0 Å². The van der Waals surface area contributed by atoms with E-state index in [0.29, 0.717) is 11.3 Å². The predicted octanol–water partition coefficient (Wildman–Crippen LogP) is 1.58. The van der Waals surface area contributed by atoms with Gasteiger partial charge < -0.3 is 15.0 Å². The van der Waals surface area contributed by atoms with Crippen LogP contribution in [0.5, 0.6) is 5.75 Å². The van der Waals surface area contributed by atoms with Crippen molar-refractivity contribution in [3.05, 3.63) is 53.9 Å². The van der Waals surface area contributed by atoms with Gasteiger partial charge in [0.15, 0.2) is 5.96 Å². The second-order valence-corrected chi connectivity index (χ2v) is 4.71. The summed E-state index contributed by atoms with van der Waals surface area (Å²) in [6.45, 7) is 0. The van der Waals surface area contributed by atoms with Crippen molar-refractivity contribution in [3.63, 3.8) is 0 Å². The number of aryl methyl sites for hydroxylation is 1. The quantitative estimate of drug-likeness (QED) is 0.454. The van der Waals surface area contributed by atoms with Crippen molar-refractivity contribution < 1.29 is 9.53 Å². The number of rotatable bonds is 4. The average Bonchev–Trinajstić information content (AvgIpc) is 2.90. The largest absolute Gasteiger partial charge is 0.497 e.